The highest BCUT2D eigenvalue weighted by molar-refractivity contribution is 6.21. The molecule has 0 aliphatic carbocycles. The van der Waals surface area contributed by atoms with Crippen LogP contribution in [0, 0.1) is 11.3 Å². The number of nitrogen functional groups attached to an aromatic ring is 1. The second kappa shape index (κ2) is 9.63. The van der Waals surface area contributed by atoms with Crippen molar-refractivity contribution in [2.75, 3.05) is 43.6 Å². The van der Waals surface area contributed by atoms with Crippen LogP contribution in [0.4, 0.5) is 11.4 Å². The lowest BCUT2D eigenvalue weighted by Crippen LogP contribution is -2.44. The average Bonchev–Trinajstić information content (AvgIpc) is 3.27. The van der Waals surface area contributed by atoms with E-state index in [1.807, 2.05) is 29.2 Å². The summed E-state index contributed by atoms with van der Waals surface area (Å²) in [7, 11) is 0. The number of nitriles is 1. The van der Waals surface area contributed by atoms with Crippen molar-refractivity contribution in [3.8, 4) is 17.6 Å². The van der Waals surface area contributed by atoms with E-state index in [-0.39, 0.29) is 12.4 Å². The van der Waals surface area contributed by atoms with E-state index in [2.05, 4.69) is 4.90 Å². The van der Waals surface area contributed by atoms with E-state index in [1.165, 1.54) is 6.92 Å². The van der Waals surface area contributed by atoms with Crippen molar-refractivity contribution in [1.29, 1.82) is 5.26 Å². The molecule has 1 fully saturated rings. The van der Waals surface area contributed by atoms with Crippen molar-refractivity contribution in [2.45, 2.75) is 13.5 Å². The Morgan fingerprint density at radius 3 is 2.45 bits per heavy atom. The number of nitrogens with two attached hydrogens (primary N) is 1. The number of hydrogen-bond acceptors (Lipinski definition) is 8. The van der Waals surface area contributed by atoms with Crippen LogP contribution in [0.5, 0.6) is 11.5 Å². The highest BCUT2D eigenvalue weighted by atomic mass is 16.7. The third kappa shape index (κ3) is 5.07. The van der Waals surface area contributed by atoms with E-state index in [0.717, 1.165) is 41.6 Å². The number of amides is 2. The molecule has 2 aromatic rings. The Labute approximate surface area is 192 Å². The molecule has 170 valence electrons. The summed E-state index contributed by atoms with van der Waals surface area (Å²) in [5, 5.41) is 9.62. The third-order valence-corrected chi connectivity index (χ3v) is 5.58. The van der Waals surface area contributed by atoms with E-state index in [1.54, 1.807) is 30.5 Å². The van der Waals surface area contributed by atoms with Gasteiger partial charge in [-0.15, -0.1) is 0 Å². The number of imide groups is 1. The van der Waals surface area contributed by atoms with Gasteiger partial charge in [-0.3, -0.25) is 14.5 Å². The number of carbonyl (C=O) groups excluding carboxylic acids is 2. The Morgan fingerprint density at radius 2 is 1.79 bits per heavy atom. The normalized spacial score (nSPS) is 15.8. The van der Waals surface area contributed by atoms with Crippen LogP contribution in [-0.4, -0.2) is 54.6 Å². The van der Waals surface area contributed by atoms with Gasteiger partial charge < -0.3 is 20.1 Å². The molecule has 2 aliphatic rings. The maximum Gasteiger partial charge on any atom is 0.277 e. The Morgan fingerprint density at radius 1 is 1.09 bits per heavy atom. The second-order valence-corrected chi connectivity index (χ2v) is 7.91. The molecule has 1 saturated heterocycles. The summed E-state index contributed by atoms with van der Waals surface area (Å²) in [6, 6.07) is 14.3. The first kappa shape index (κ1) is 22.2. The van der Waals surface area contributed by atoms with Crippen molar-refractivity contribution in [1.82, 2.24) is 9.80 Å². The highest BCUT2D eigenvalue weighted by Crippen LogP contribution is 2.32. The van der Waals surface area contributed by atoms with Gasteiger partial charge in [-0.2, -0.15) is 5.26 Å². The summed E-state index contributed by atoms with van der Waals surface area (Å²) in [6.45, 7) is 5.17. The molecular formula is C24H25N5O4. The summed E-state index contributed by atoms with van der Waals surface area (Å²) in [6.07, 6.45) is 1.55. The monoisotopic (exact) mass is 447 g/mol. The molecule has 33 heavy (non-hydrogen) atoms. The number of hydrogen-bond donors (Lipinski definition) is 1. The first-order chi connectivity index (χ1) is 15.9. The number of fused-ring (bicyclic) bond motifs is 1. The van der Waals surface area contributed by atoms with E-state index < -0.39 is 11.8 Å². The lowest BCUT2D eigenvalue weighted by atomic mass is 10.1. The van der Waals surface area contributed by atoms with Crippen LogP contribution < -0.4 is 20.1 Å². The Hall–Kier alpha value is -4.03. The first-order valence-electron chi connectivity index (χ1n) is 10.6. The number of piperazine rings is 1. The largest absolute Gasteiger partial charge is 0.454 e. The molecule has 2 N–H and O–H groups in total. The van der Waals surface area contributed by atoms with Gasteiger partial charge in [-0.25, -0.2) is 4.90 Å². The molecule has 0 radical (unpaired) electrons. The van der Waals surface area contributed by atoms with Gasteiger partial charge in [0.1, 0.15) is 11.6 Å². The average molecular weight is 447 g/mol. The van der Waals surface area contributed by atoms with Crippen LogP contribution in [0.3, 0.4) is 0 Å². The molecule has 0 atom stereocenters. The first-order valence-corrected chi connectivity index (χ1v) is 10.6. The minimum Gasteiger partial charge on any atom is -0.454 e. The van der Waals surface area contributed by atoms with Gasteiger partial charge in [0.2, 0.25) is 12.7 Å². The van der Waals surface area contributed by atoms with Crippen LogP contribution in [-0.2, 0) is 16.1 Å². The minimum absolute atomic E-state index is 0.0914. The summed E-state index contributed by atoms with van der Waals surface area (Å²) >= 11 is 0. The van der Waals surface area contributed by atoms with Crippen LogP contribution in [0.15, 0.2) is 54.2 Å². The van der Waals surface area contributed by atoms with Gasteiger partial charge >= 0.3 is 0 Å². The highest BCUT2D eigenvalue weighted by Gasteiger charge is 2.25. The van der Waals surface area contributed by atoms with E-state index in [9.17, 15) is 14.9 Å². The molecule has 2 amide bonds. The molecule has 0 aromatic heterocycles. The number of ether oxygens (including phenoxy) is 2. The molecule has 2 aliphatic heterocycles. The lowest BCUT2D eigenvalue weighted by molar-refractivity contribution is -0.123. The van der Waals surface area contributed by atoms with Crippen molar-refractivity contribution in [2.24, 2.45) is 0 Å². The van der Waals surface area contributed by atoms with Crippen LogP contribution >= 0.6 is 0 Å². The van der Waals surface area contributed by atoms with Crippen LogP contribution in [0.1, 0.15) is 12.5 Å². The lowest BCUT2D eigenvalue weighted by Gasteiger charge is -2.34. The summed E-state index contributed by atoms with van der Waals surface area (Å²) < 4.78 is 10.8. The predicted octanol–water partition coefficient (Wildman–Crippen LogP) is 2.10. The Balaban J connectivity index is 1.39. The van der Waals surface area contributed by atoms with Gasteiger partial charge in [0.05, 0.1) is 5.69 Å². The topological polar surface area (TPSA) is 112 Å². The third-order valence-electron chi connectivity index (χ3n) is 5.58. The molecule has 2 heterocycles. The second-order valence-electron chi connectivity index (χ2n) is 7.91. The Bertz CT molecular complexity index is 1110. The maximum atomic E-state index is 13.0. The fourth-order valence-corrected chi connectivity index (χ4v) is 3.85. The Kier molecular flexibility index (Phi) is 6.47. The molecule has 0 spiro atoms. The van der Waals surface area contributed by atoms with Gasteiger partial charge in [-0.1, -0.05) is 6.07 Å². The van der Waals surface area contributed by atoms with Crippen LogP contribution in [0.25, 0.3) is 0 Å². The molecule has 0 unspecified atom stereocenters. The fourth-order valence-electron chi connectivity index (χ4n) is 3.85. The zero-order chi connectivity index (χ0) is 23.4. The van der Waals surface area contributed by atoms with Gasteiger partial charge in [0, 0.05) is 51.5 Å². The minimum atomic E-state index is -0.655. The predicted molar refractivity (Wildman–Crippen MR) is 122 cm³/mol. The van der Waals surface area contributed by atoms with E-state index in [0.29, 0.717) is 24.5 Å². The van der Waals surface area contributed by atoms with Gasteiger partial charge in [0.25, 0.3) is 5.91 Å². The van der Waals surface area contributed by atoms with E-state index >= 15 is 0 Å². The molecule has 9 nitrogen and oxygen atoms in total. The van der Waals surface area contributed by atoms with Crippen molar-refractivity contribution < 1.29 is 19.1 Å². The van der Waals surface area contributed by atoms with Gasteiger partial charge in [-0.05, 0) is 42.0 Å². The molecule has 2 aromatic carbocycles. The SMILES string of the molecule is CC(=O)N(C(=O)/C(C#N)=C\N1CCN(Cc2ccc3c(c2)OCO3)CC1)c1ccc(N)cc1. The molecule has 9 heteroatoms. The van der Waals surface area contributed by atoms with Crippen molar-refractivity contribution in [3.63, 3.8) is 0 Å². The zero-order valence-corrected chi connectivity index (χ0v) is 18.4. The molecule has 4 rings (SSSR count). The number of anilines is 2. The fraction of sp³-hybridized carbons (Fsp3) is 0.292. The standard InChI is InChI=1S/C24H25N5O4/c1-17(30)29(21-5-3-20(26)4-6-21)24(31)19(13-25)15-28-10-8-27(9-11-28)14-18-2-7-22-23(12-18)33-16-32-22/h2-7,12,15H,8-11,14,16,26H2,1H3/b19-15-. The molecular weight excluding hydrogens is 422 g/mol. The maximum absolute atomic E-state index is 13.0. The number of carbonyl (C=O) groups is 2. The van der Waals surface area contributed by atoms with Crippen molar-refractivity contribution in [3.05, 3.63) is 59.8 Å². The summed E-state index contributed by atoms with van der Waals surface area (Å²) in [5.74, 6) is 0.403. The van der Waals surface area contributed by atoms with Crippen molar-refractivity contribution >= 4 is 23.2 Å². The number of benzene rings is 2. The quantitative estimate of drug-likeness (QED) is 0.421. The number of nitrogens with zero attached hydrogens (tertiary/aromatic N) is 4. The smallest absolute Gasteiger partial charge is 0.277 e. The summed E-state index contributed by atoms with van der Waals surface area (Å²) in [5.41, 5.74) is 7.63. The zero-order valence-electron chi connectivity index (χ0n) is 18.4. The molecule has 0 saturated carbocycles. The number of rotatable bonds is 5. The van der Waals surface area contributed by atoms with Crippen LogP contribution in [0.2, 0.25) is 0 Å². The van der Waals surface area contributed by atoms with E-state index in [4.69, 9.17) is 15.2 Å². The summed E-state index contributed by atoms with van der Waals surface area (Å²) in [4.78, 5) is 30.4. The van der Waals surface area contributed by atoms with Gasteiger partial charge in [0.15, 0.2) is 11.5 Å². The molecule has 0 bridgehead atoms.